The Balaban J connectivity index is 0.00000180. The van der Waals surface area contributed by atoms with E-state index in [4.69, 9.17) is 0 Å². The van der Waals surface area contributed by atoms with Crippen LogP contribution in [0.15, 0.2) is 21.0 Å². The SMILES string of the molecule is CC1=CC[C]([Zr+2]([NH]C(=O)C2CCCC2)[SiH](C)C)=C1.[Cl-].[Cl-]. The van der Waals surface area contributed by atoms with Crippen molar-refractivity contribution in [1.29, 1.82) is 0 Å². The topological polar surface area (TPSA) is 29.1 Å². The predicted octanol–water partition coefficient (Wildman–Crippen LogP) is -2.95. The molecule has 2 nitrogen and oxygen atoms in total. The molecule has 0 unspecified atom stereocenters. The van der Waals surface area contributed by atoms with Gasteiger partial charge in [-0.15, -0.1) is 0 Å². The molecule has 0 saturated heterocycles. The fourth-order valence-corrected chi connectivity index (χ4v) is 16.8. The fourth-order valence-electron chi connectivity index (χ4n) is 2.87. The Bertz CT molecular complexity index is 393. The average molecular weight is 413 g/mol. The quantitative estimate of drug-likeness (QED) is 0.492. The van der Waals surface area contributed by atoms with Crippen molar-refractivity contribution in [2.75, 3.05) is 0 Å². The number of amides is 1. The van der Waals surface area contributed by atoms with E-state index in [1.165, 1.54) is 18.4 Å². The first-order valence-corrected chi connectivity index (χ1v) is 16.7. The standard InChI is InChI=1S/C6H11NO.C6H7.C2H7Si.2ClH.Zr/c7-6(8)5-3-1-2-4-5;1-6-4-2-3-5-6;1-3-2;;;/h5H,1-4H2,(H2,7,8);4-5H,2H2,1H3;3H,1-2H3;2*1H;/q;;;;;+3/p-3. The van der Waals surface area contributed by atoms with Crippen molar-refractivity contribution in [3.8, 4) is 0 Å². The molecule has 0 aromatic heterocycles. The summed E-state index contributed by atoms with van der Waals surface area (Å²) in [5.74, 6) is 0.0324. The second-order valence-electron chi connectivity index (χ2n) is 5.86. The molecule has 2 aliphatic rings. The minimum Gasteiger partial charge on any atom is -1.00 e. The molecule has 0 spiro atoms. The molecular formula is C14H24Cl2NOSiZr. The molecule has 1 fully saturated rings. The third-order valence-electron chi connectivity index (χ3n) is 3.95. The number of hydrogen-bond acceptors (Lipinski definition) is 1. The van der Waals surface area contributed by atoms with Crippen molar-refractivity contribution in [3.05, 3.63) is 21.0 Å². The second kappa shape index (κ2) is 9.61. The monoisotopic (exact) mass is 410 g/mol. The van der Waals surface area contributed by atoms with Crippen LogP contribution in [0.1, 0.15) is 39.0 Å². The second-order valence-corrected chi connectivity index (χ2v) is 24.3. The van der Waals surface area contributed by atoms with Gasteiger partial charge in [0.25, 0.3) is 0 Å². The Labute approximate surface area is 144 Å². The molecule has 1 N–H and O–H groups in total. The summed E-state index contributed by atoms with van der Waals surface area (Å²) in [7, 11) is 0. The van der Waals surface area contributed by atoms with Crippen LogP contribution in [0.5, 0.6) is 0 Å². The van der Waals surface area contributed by atoms with E-state index in [1.807, 2.05) is 0 Å². The zero-order valence-corrected chi connectivity index (χ0v) is 17.6. The normalized spacial score (nSPS) is 18.0. The Kier molecular flexibility index (Phi) is 9.91. The van der Waals surface area contributed by atoms with Crippen LogP contribution in [0, 0.1) is 5.92 Å². The van der Waals surface area contributed by atoms with Gasteiger partial charge in [0.1, 0.15) is 0 Å². The van der Waals surface area contributed by atoms with E-state index in [-0.39, 0.29) is 24.8 Å². The van der Waals surface area contributed by atoms with Crippen molar-refractivity contribution < 1.29 is 50.8 Å². The Morgan fingerprint density at radius 2 is 1.90 bits per heavy atom. The van der Waals surface area contributed by atoms with Crippen molar-refractivity contribution in [3.63, 3.8) is 0 Å². The van der Waals surface area contributed by atoms with Crippen molar-refractivity contribution in [2.45, 2.75) is 52.1 Å². The zero-order chi connectivity index (χ0) is 13.1. The van der Waals surface area contributed by atoms with Crippen molar-refractivity contribution in [1.82, 2.24) is 3.26 Å². The van der Waals surface area contributed by atoms with Gasteiger partial charge in [0.15, 0.2) is 0 Å². The summed E-state index contributed by atoms with van der Waals surface area (Å²) < 4.78 is 5.17. The van der Waals surface area contributed by atoms with E-state index in [0.717, 1.165) is 19.3 Å². The van der Waals surface area contributed by atoms with E-state index in [9.17, 15) is 4.79 Å². The number of carbonyl (C=O) groups excluding carboxylic acids is 1. The van der Waals surface area contributed by atoms with Gasteiger partial charge in [0.05, 0.1) is 0 Å². The maximum absolute atomic E-state index is 12.3. The van der Waals surface area contributed by atoms with Crippen LogP contribution in [-0.2, 0) is 26.0 Å². The summed E-state index contributed by atoms with van der Waals surface area (Å²) in [6.45, 7) is 7.00. The molecule has 20 heavy (non-hydrogen) atoms. The number of nitrogens with one attached hydrogen (secondary N) is 1. The first-order valence-electron chi connectivity index (χ1n) is 7.13. The summed E-state index contributed by atoms with van der Waals surface area (Å²) >= 11 is -1.79. The Morgan fingerprint density at radius 3 is 2.35 bits per heavy atom. The Morgan fingerprint density at radius 1 is 1.30 bits per heavy atom. The van der Waals surface area contributed by atoms with Gasteiger partial charge in [0, 0.05) is 0 Å². The van der Waals surface area contributed by atoms with E-state index < -0.39 is 27.1 Å². The maximum atomic E-state index is 12.3. The smallest absolute Gasteiger partial charge is 1.00 e. The van der Waals surface area contributed by atoms with Gasteiger partial charge in [-0.3, -0.25) is 0 Å². The van der Waals surface area contributed by atoms with Crippen LogP contribution in [0.25, 0.3) is 0 Å². The summed E-state index contributed by atoms with van der Waals surface area (Å²) in [6.07, 6.45) is 10.5. The van der Waals surface area contributed by atoms with Crippen molar-refractivity contribution in [2.24, 2.45) is 5.92 Å². The number of hydrogen-bond donors (Lipinski definition) is 1. The van der Waals surface area contributed by atoms with Gasteiger partial charge in [-0.2, -0.15) is 0 Å². The molecule has 0 aromatic rings. The molecule has 0 radical (unpaired) electrons. The number of allylic oxidation sites excluding steroid dienone is 4. The molecule has 0 aliphatic heterocycles. The molecule has 1 amide bonds. The summed E-state index contributed by atoms with van der Waals surface area (Å²) in [5, 5.41) is 0. The van der Waals surface area contributed by atoms with Crippen LogP contribution in [0.2, 0.25) is 13.1 Å². The molecule has 0 atom stereocenters. The van der Waals surface area contributed by atoms with Crippen molar-refractivity contribution >= 4 is 11.8 Å². The molecule has 0 aromatic carbocycles. The molecule has 6 heteroatoms. The number of halogens is 2. The zero-order valence-electron chi connectivity index (χ0n) is 12.5. The maximum Gasteiger partial charge on any atom is -1.00 e. The molecule has 0 bridgehead atoms. The van der Waals surface area contributed by atoms with Gasteiger partial charge in [-0.1, -0.05) is 0 Å². The van der Waals surface area contributed by atoms with Crippen LogP contribution < -0.4 is 28.1 Å². The van der Waals surface area contributed by atoms with E-state index >= 15 is 0 Å². The van der Waals surface area contributed by atoms with Gasteiger partial charge < -0.3 is 24.8 Å². The van der Waals surface area contributed by atoms with E-state index in [0.29, 0.717) is 11.8 Å². The first-order chi connectivity index (χ1) is 8.58. The van der Waals surface area contributed by atoms with E-state index in [2.05, 4.69) is 35.4 Å². The van der Waals surface area contributed by atoms with Crippen LogP contribution >= 0.6 is 0 Å². The minimum atomic E-state index is -1.79. The number of carbonyl (C=O) groups is 1. The summed E-state index contributed by atoms with van der Waals surface area (Å²) in [6, 6.07) is 0. The molecule has 2 rings (SSSR count). The van der Waals surface area contributed by atoms with E-state index in [1.54, 1.807) is 3.28 Å². The molecular weight excluding hydrogens is 388 g/mol. The molecule has 2 aliphatic carbocycles. The number of rotatable bonds is 4. The predicted molar refractivity (Wildman–Crippen MR) is 75.4 cm³/mol. The van der Waals surface area contributed by atoms with Gasteiger partial charge in [-0.05, 0) is 0 Å². The van der Waals surface area contributed by atoms with Gasteiger partial charge in [0.2, 0.25) is 0 Å². The van der Waals surface area contributed by atoms with Gasteiger partial charge >= 0.3 is 120 Å². The van der Waals surface area contributed by atoms with Crippen LogP contribution in [-0.4, -0.2) is 11.8 Å². The third-order valence-corrected chi connectivity index (χ3v) is 20.5. The molecule has 1 saturated carbocycles. The Hall–Kier alpha value is 0.630. The summed E-state index contributed by atoms with van der Waals surface area (Å²) in [5.41, 5.74) is 1.40. The molecule has 0 heterocycles. The molecule has 113 valence electrons. The fraction of sp³-hybridized carbons (Fsp3) is 0.643. The minimum absolute atomic E-state index is 0. The van der Waals surface area contributed by atoms with Crippen LogP contribution in [0.3, 0.4) is 0 Å². The van der Waals surface area contributed by atoms with Gasteiger partial charge in [-0.25, -0.2) is 0 Å². The third kappa shape index (κ3) is 5.44. The first kappa shape index (κ1) is 20.6. The summed E-state index contributed by atoms with van der Waals surface area (Å²) in [4.78, 5) is 12.3. The largest absolute Gasteiger partial charge is 1.00 e. The average Bonchev–Trinajstić information content (AvgIpc) is 2.95. The van der Waals surface area contributed by atoms with Crippen LogP contribution in [0.4, 0.5) is 0 Å².